The molecule has 1 spiro atoms. The van der Waals surface area contributed by atoms with Crippen LogP contribution >= 0.6 is 0 Å². The molecule has 4 atom stereocenters. The van der Waals surface area contributed by atoms with Crippen molar-refractivity contribution in [3.8, 4) is 0 Å². The zero-order valence-electron chi connectivity index (χ0n) is 26.3. The molecule has 238 valence electrons. The third-order valence-electron chi connectivity index (χ3n) is 9.00. The molecule has 3 N–H and O–H groups in total. The van der Waals surface area contributed by atoms with Gasteiger partial charge in [0.15, 0.2) is 28.5 Å². The summed E-state index contributed by atoms with van der Waals surface area (Å²) in [5, 5.41) is 9.65. The van der Waals surface area contributed by atoms with Gasteiger partial charge < -0.3 is 24.4 Å². The SMILES string of the molecule is Cc1cn([C@@H]2O[C@H](CO[Si](C)(C)C(C)(C)C)[C@@]3(OS(=O)(=O)C=C3N)[C@H]2O[Si](C)(C)C(C)(C)C)c(=O)n(CC(=O)O)c1=O. The van der Waals surface area contributed by atoms with Crippen LogP contribution in [0.2, 0.25) is 36.3 Å². The summed E-state index contributed by atoms with van der Waals surface area (Å²) >= 11 is 0. The fourth-order valence-corrected chi connectivity index (χ4v) is 7.94. The quantitative estimate of drug-likeness (QED) is 0.313. The summed E-state index contributed by atoms with van der Waals surface area (Å²) in [4.78, 5) is 37.9. The average molecular weight is 648 g/mol. The van der Waals surface area contributed by atoms with E-state index in [0.717, 1.165) is 9.98 Å². The number of aliphatic carboxylic acids is 1. The molecule has 13 nitrogen and oxygen atoms in total. The number of carbonyl (C=O) groups is 1. The summed E-state index contributed by atoms with van der Waals surface area (Å²) in [5.41, 5.74) is 2.73. The molecule has 0 unspecified atom stereocenters. The van der Waals surface area contributed by atoms with Crippen LogP contribution in [0.3, 0.4) is 0 Å². The van der Waals surface area contributed by atoms with E-state index in [2.05, 4.69) is 20.8 Å². The lowest BCUT2D eigenvalue weighted by Crippen LogP contribution is -2.59. The van der Waals surface area contributed by atoms with Crippen molar-refractivity contribution >= 4 is 32.7 Å². The predicted octanol–water partition coefficient (Wildman–Crippen LogP) is 2.61. The topological polar surface area (TPSA) is 178 Å². The second kappa shape index (κ2) is 10.8. The van der Waals surface area contributed by atoms with Gasteiger partial charge in [-0.1, -0.05) is 41.5 Å². The first-order valence-electron chi connectivity index (χ1n) is 13.7. The molecular weight excluding hydrogens is 603 g/mol. The lowest BCUT2D eigenvalue weighted by Gasteiger charge is -2.43. The number of carboxylic acid groups (broad SMARTS) is 1. The third-order valence-corrected chi connectivity index (χ3v) is 19.0. The zero-order valence-corrected chi connectivity index (χ0v) is 29.1. The summed E-state index contributed by atoms with van der Waals surface area (Å²) in [6.07, 6.45) is -2.52. The van der Waals surface area contributed by atoms with E-state index in [-0.39, 0.29) is 27.9 Å². The van der Waals surface area contributed by atoms with Gasteiger partial charge in [0.25, 0.3) is 15.7 Å². The molecule has 0 saturated carbocycles. The Balaban J connectivity index is 2.31. The maximum absolute atomic E-state index is 13.6. The van der Waals surface area contributed by atoms with E-state index < -0.39 is 74.6 Å². The molecule has 2 aliphatic rings. The van der Waals surface area contributed by atoms with Gasteiger partial charge in [-0.05, 0) is 43.2 Å². The van der Waals surface area contributed by atoms with Gasteiger partial charge in [-0.3, -0.25) is 14.2 Å². The Hall–Kier alpha value is -2.09. The highest BCUT2D eigenvalue weighted by atomic mass is 32.2. The minimum absolute atomic E-state index is 0.0732. The largest absolute Gasteiger partial charge is 0.480 e. The fraction of sp³-hybridized carbons (Fsp3) is 0.731. The van der Waals surface area contributed by atoms with Gasteiger partial charge >= 0.3 is 11.7 Å². The van der Waals surface area contributed by atoms with Crippen molar-refractivity contribution in [1.29, 1.82) is 0 Å². The van der Waals surface area contributed by atoms with E-state index >= 15 is 0 Å². The van der Waals surface area contributed by atoms with Crippen molar-refractivity contribution in [2.45, 2.75) is 115 Å². The van der Waals surface area contributed by atoms with E-state index in [0.29, 0.717) is 4.57 Å². The van der Waals surface area contributed by atoms with Crippen molar-refractivity contribution < 1.29 is 36.1 Å². The molecule has 0 aliphatic carbocycles. The number of carboxylic acids is 1. The number of ether oxygens (including phenoxy) is 1. The second-order valence-electron chi connectivity index (χ2n) is 14.1. The Labute approximate surface area is 249 Å². The van der Waals surface area contributed by atoms with Crippen LogP contribution in [0, 0.1) is 6.92 Å². The van der Waals surface area contributed by atoms with Gasteiger partial charge in [-0.25, -0.2) is 13.5 Å². The van der Waals surface area contributed by atoms with Crippen LogP contribution in [-0.4, -0.2) is 69.7 Å². The summed E-state index contributed by atoms with van der Waals surface area (Å²) in [7, 11) is -9.45. The van der Waals surface area contributed by atoms with Gasteiger partial charge in [-0.2, -0.15) is 8.42 Å². The van der Waals surface area contributed by atoms with Crippen LogP contribution < -0.4 is 17.0 Å². The second-order valence-corrected chi connectivity index (χ2v) is 25.1. The summed E-state index contributed by atoms with van der Waals surface area (Å²) in [5.74, 6) is -1.39. The van der Waals surface area contributed by atoms with E-state index in [1.807, 2.05) is 47.0 Å². The first-order valence-corrected chi connectivity index (χ1v) is 21.0. The van der Waals surface area contributed by atoms with Crippen molar-refractivity contribution in [1.82, 2.24) is 9.13 Å². The molecule has 1 saturated heterocycles. The first-order chi connectivity index (χ1) is 18.8. The molecule has 16 heteroatoms. The highest BCUT2D eigenvalue weighted by Gasteiger charge is 2.67. The number of nitrogens with zero attached hydrogens (tertiary/aromatic N) is 2. The van der Waals surface area contributed by atoms with Crippen LogP contribution in [0.1, 0.15) is 53.3 Å². The van der Waals surface area contributed by atoms with Gasteiger partial charge in [-0.15, -0.1) is 0 Å². The van der Waals surface area contributed by atoms with Crippen LogP contribution in [0.25, 0.3) is 0 Å². The Morgan fingerprint density at radius 1 is 1.10 bits per heavy atom. The minimum atomic E-state index is -4.28. The first kappa shape index (κ1) is 34.4. The molecule has 3 heterocycles. The van der Waals surface area contributed by atoms with Crippen LogP contribution in [0.15, 0.2) is 26.9 Å². The van der Waals surface area contributed by atoms with E-state index in [1.54, 1.807) is 0 Å². The number of aryl methyl sites for hydroxylation is 1. The Morgan fingerprint density at radius 2 is 1.64 bits per heavy atom. The molecule has 2 aliphatic heterocycles. The Morgan fingerprint density at radius 3 is 2.10 bits per heavy atom. The molecule has 1 fully saturated rings. The predicted molar refractivity (Wildman–Crippen MR) is 161 cm³/mol. The molecule has 42 heavy (non-hydrogen) atoms. The standard InChI is InChI=1S/C26H45N3O10SSi2/c1-16-12-29(23(33)28(21(16)32)13-19(30)31)22-20(38-42(10,11)25(5,6)7)26(17(27)15-40(34,35)39-26)18(37-22)14-36-41(8,9)24(2,3)4/h12,15,18,20,22H,13-14,27H2,1-11H3,(H,30,31)/t18-,20+,22-,26-/m1/s1. The van der Waals surface area contributed by atoms with E-state index in [4.69, 9.17) is 23.5 Å². The third kappa shape index (κ3) is 6.12. The summed E-state index contributed by atoms with van der Waals surface area (Å²) in [6.45, 7) is 20.5. The van der Waals surface area contributed by atoms with Crippen LogP contribution in [0.5, 0.6) is 0 Å². The Bertz CT molecular complexity index is 1500. The molecular formula is C26H45N3O10SSi2. The fourth-order valence-electron chi connectivity index (χ4n) is 4.43. The van der Waals surface area contributed by atoms with E-state index in [1.165, 1.54) is 13.1 Å². The lowest BCUT2D eigenvalue weighted by molar-refractivity contribution is -0.137. The summed E-state index contributed by atoms with van der Waals surface area (Å²) < 4.78 is 52.9. The molecule has 3 rings (SSSR count). The smallest absolute Gasteiger partial charge is 0.333 e. The van der Waals surface area contributed by atoms with Gasteiger partial charge in [0.2, 0.25) is 0 Å². The summed E-state index contributed by atoms with van der Waals surface area (Å²) in [6, 6.07) is 0. The highest BCUT2D eigenvalue weighted by molar-refractivity contribution is 7.90. The number of hydrogen-bond donors (Lipinski definition) is 2. The zero-order chi connectivity index (χ0) is 32.4. The number of nitrogens with two attached hydrogens (primary N) is 1. The number of rotatable bonds is 8. The van der Waals surface area contributed by atoms with Gasteiger partial charge in [0.05, 0.1) is 17.7 Å². The van der Waals surface area contributed by atoms with Gasteiger partial charge in [0.1, 0.15) is 18.8 Å². The monoisotopic (exact) mass is 647 g/mol. The lowest BCUT2D eigenvalue weighted by atomic mass is 9.89. The minimum Gasteiger partial charge on any atom is -0.480 e. The Kier molecular flexibility index (Phi) is 8.86. The normalized spacial score (nSPS) is 26.5. The average Bonchev–Trinajstić information content (AvgIpc) is 3.22. The van der Waals surface area contributed by atoms with Crippen molar-refractivity contribution in [2.24, 2.45) is 5.73 Å². The number of hydrogen-bond acceptors (Lipinski definition) is 10. The molecule has 0 aromatic carbocycles. The molecule has 0 amide bonds. The molecule has 0 bridgehead atoms. The van der Waals surface area contributed by atoms with Gasteiger partial charge in [0, 0.05) is 11.8 Å². The van der Waals surface area contributed by atoms with E-state index in [9.17, 15) is 27.9 Å². The number of aromatic nitrogens is 2. The maximum atomic E-state index is 13.6. The molecule has 1 aromatic rings. The molecule has 1 aromatic heterocycles. The van der Waals surface area contributed by atoms with Crippen LogP contribution in [-0.2, 0) is 39.2 Å². The van der Waals surface area contributed by atoms with Crippen molar-refractivity contribution in [2.75, 3.05) is 6.61 Å². The molecule has 0 radical (unpaired) electrons. The highest BCUT2D eigenvalue weighted by Crippen LogP contribution is 2.52. The maximum Gasteiger partial charge on any atom is 0.333 e. The van der Waals surface area contributed by atoms with Crippen molar-refractivity contribution in [3.63, 3.8) is 0 Å². The van der Waals surface area contributed by atoms with Crippen molar-refractivity contribution in [3.05, 3.63) is 43.7 Å². The van der Waals surface area contributed by atoms with Crippen LogP contribution in [0.4, 0.5) is 0 Å².